The molecule has 10 N–H and O–H groups in total. The quantitative estimate of drug-likeness (QED) is 0.00456. The number of hydrogen-bond donors (Lipinski definition) is 10. The number of amides is 6. The number of unbranched alkanes of at least 4 members (excludes halogenated alkanes) is 1. The highest BCUT2D eigenvalue weighted by molar-refractivity contribution is 9.11. The van der Waals surface area contributed by atoms with Crippen LogP contribution in [0.4, 0.5) is 30.7 Å². The number of benzene rings is 8. The minimum Gasteiger partial charge on any atom is -0.506 e. The summed E-state index contributed by atoms with van der Waals surface area (Å²) in [6, 6.07) is 40.4. The lowest BCUT2D eigenvalue weighted by atomic mass is 10.0. The van der Waals surface area contributed by atoms with E-state index < -0.39 is 35.8 Å². The lowest BCUT2D eigenvalue weighted by molar-refractivity contribution is -0.132. The van der Waals surface area contributed by atoms with Gasteiger partial charge in [-0.15, -0.1) is 68.0 Å². The summed E-state index contributed by atoms with van der Waals surface area (Å²) < 4.78 is 36.6. The van der Waals surface area contributed by atoms with Crippen LogP contribution in [0.1, 0.15) is 215 Å². The highest BCUT2D eigenvalue weighted by Crippen LogP contribution is 2.51. The van der Waals surface area contributed by atoms with Gasteiger partial charge in [0.15, 0.2) is 17.3 Å². The van der Waals surface area contributed by atoms with E-state index >= 15 is 0 Å². The number of phenols is 2. The molecule has 32 nitrogen and oxygen atoms in total. The Morgan fingerprint density at radius 1 is 0.448 bits per heavy atom. The van der Waals surface area contributed by atoms with Crippen LogP contribution in [0.2, 0.25) is 5.02 Å². The van der Waals surface area contributed by atoms with E-state index in [0.29, 0.717) is 159 Å². The van der Waals surface area contributed by atoms with E-state index in [-0.39, 0.29) is 115 Å². The second kappa shape index (κ2) is 55.5. The predicted octanol–water partition coefficient (Wildman–Crippen LogP) is 24.6. The molecule has 14 aromatic rings. The van der Waals surface area contributed by atoms with Crippen LogP contribution in [0.25, 0.3) is 60.5 Å². The number of nitrogens with zero attached hydrogens (tertiary/aromatic N) is 2. The SMILES string of the molecule is CCCC(=O)c1c(NC(C)=O)sc2c(Cl)c(C=NCCCCO)ccc12.CCOC(=O)c1c(CC(=O)c2ccccc2)sc2c(O)c(CN(CC)CC)ccc12.CCOC(=O)c1c(NC(=O)c2ccccc2)sc2c(O)c(Br)cc(Br)c12.CCOC(=O)c1c(NC(C)=O)sc2c(NC(C)=O)cccc12.CCOC(=O)c1c(NC(C)=O)sc2c(OC(C)=O)cccc12.COc1c(Br)ccc2c(C(=O)O)c(NC(C)=O)sc12. The number of carboxylic acid groups (broad SMARTS) is 1. The zero-order valence-electron chi connectivity index (χ0n) is 81.1. The number of thiophene rings is 6. The van der Waals surface area contributed by atoms with Crippen LogP contribution in [0.5, 0.6) is 23.0 Å². The summed E-state index contributed by atoms with van der Waals surface area (Å²) in [6.45, 7) is 25.2. The van der Waals surface area contributed by atoms with Crippen LogP contribution >= 0.6 is 127 Å². The van der Waals surface area contributed by atoms with Gasteiger partial charge >= 0.3 is 35.8 Å². The molecular formula is C103H104Br3ClN8O24S6. The topological polar surface area (TPSA) is 463 Å². The van der Waals surface area contributed by atoms with Crippen molar-refractivity contribution in [2.45, 2.75) is 129 Å². The molecule has 0 fully saturated rings. The number of rotatable bonds is 33. The molecule has 6 amide bonds. The number of Topliss-reactive ketones (excluding diaryl/α,β-unsaturated/α-hetero) is 2. The maximum atomic E-state index is 12.8. The number of aliphatic imine (C=N–C) groups is 1. The molecule has 6 aromatic heterocycles. The molecule has 0 aliphatic heterocycles. The number of aromatic carboxylic acids is 1. The van der Waals surface area contributed by atoms with E-state index in [9.17, 15) is 82.4 Å². The fraction of sp³-hybridized carbons (Fsp3) is 0.272. The van der Waals surface area contributed by atoms with Crippen molar-refractivity contribution in [2.24, 2.45) is 4.99 Å². The summed E-state index contributed by atoms with van der Waals surface area (Å²) in [5, 5.41) is 61.6. The Balaban J connectivity index is 0.000000195. The summed E-state index contributed by atoms with van der Waals surface area (Å²) in [5.41, 5.74) is 5.03. The number of aromatic hydroxyl groups is 2. The zero-order chi connectivity index (χ0) is 106. The molecule has 0 aliphatic rings. The Morgan fingerprint density at radius 3 is 1.45 bits per heavy atom. The molecule has 0 aliphatic carbocycles. The van der Waals surface area contributed by atoms with Gasteiger partial charge in [-0.1, -0.05) is 151 Å². The number of methoxy groups -OCH3 is 1. The monoisotopic (exact) mass is 2300 g/mol. The van der Waals surface area contributed by atoms with Gasteiger partial charge < -0.3 is 80.7 Å². The van der Waals surface area contributed by atoms with Gasteiger partial charge in [-0.05, 0) is 128 Å². The summed E-state index contributed by atoms with van der Waals surface area (Å²) in [5.74, 6) is -4.27. The van der Waals surface area contributed by atoms with Crippen molar-refractivity contribution >= 4 is 308 Å². The molecule has 42 heteroatoms. The Labute approximate surface area is 887 Å². The predicted molar refractivity (Wildman–Crippen MR) is 586 cm³/mol. The highest BCUT2D eigenvalue weighted by Gasteiger charge is 2.32. The lowest BCUT2D eigenvalue weighted by Gasteiger charge is -2.18. The van der Waals surface area contributed by atoms with Crippen LogP contribution in [-0.2, 0) is 60.7 Å². The van der Waals surface area contributed by atoms with E-state index in [1.54, 1.807) is 125 Å². The van der Waals surface area contributed by atoms with Gasteiger partial charge in [-0.3, -0.25) is 53.0 Å². The smallest absolute Gasteiger partial charge is 0.341 e. The minimum atomic E-state index is -1.08. The van der Waals surface area contributed by atoms with E-state index in [2.05, 4.69) is 103 Å². The van der Waals surface area contributed by atoms with E-state index in [1.165, 1.54) is 105 Å². The first-order chi connectivity index (χ1) is 69.2. The maximum Gasteiger partial charge on any atom is 0.341 e. The van der Waals surface area contributed by atoms with Crippen LogP contribution in [0.15, 0.2) is 158 Å². The van der Waals surface area contributed by atoms with Crippen LogP contribution in [0.3, 0.4) is 0 Å². The molecule has 764 valence electrons. The van der Waals surface area contributed by atoms with Gasteiger partial charge in [0, 0.05) is 144 Å². The van der Waals surface area contributed by atoms with Gasteiger partial charge in [-0.2, -0.15) is 0 Å². The van der Waals surface area contributed by atoms with Crippen molar-refractivity contribution in [3.63, 3.8) is 0 Å². The molecule has 145 heavy (non-hydrogen) atoms. The number of fused-ring (bicyclic) bond motifs is 6. The van der Waals surface area contributed by atoms with Crippen molar-refractivity contribution in [3.8, 4) is 23.0 Å². The fourth-order valence-electron chi connectivity index (χ4n) is 14.3. The Hall–Kier alpha value is -12.8. The molecule has 0 radical (unpaired) electrons. The third-order valence-electron chi connectivity index (χ3n) is 20.5. The van der Waals surface area contributed by atoms with Gasteiger partial charge in [0.2, 0.25) is 29.5 Å². The average Bonchev–Trinajstić information content (AvgIpc) is 1.68. The van der Waals surface area contributed by atoms with E-state index in [0.717, 1.165) is 69.4 Å². The number of esters is 5. The molecule has 0 bridgehead atoms. The Kier molecular flexibility index (Phi) is 44.3. The molecule has 6 heterocycles. The first-order valence-electron chi connectivity index (χ1n) is 45.1. The number of hydrogen-bond acceptors (Lipinski definition) is 31. The van der Waals surface area contributed by atoms with Crippen molar-refractivity contribution in [3.05, 3.63) is 218 Å². The first kappa shape index (κ1) is 116. The summed E-state index contributed by atoms with van der Waals surface area (Å²) in [6.07, 6.45) is 4.49. The molecule has 0 saturated heterocycles. The summed E-state index contributed by atoms with van der Waals surface area (Å²) in [7, 11) is 1.51. The molecule has 0 unspecified atom stereocenters. The van der Waals surface area contributed by atoms with Crippen molar-refractivity contribution in [2.75, 3.05) is 91.7 Å². The number of halogens is 4. The molecule has 0 saturated carbocycles. The number of nitrogens with one attached hydrogen (secondary N) is 6. The third-order valence-corrected chi connectivity index (χ3v) is 29.8. The molecule has 0 spiro atoms. The number of ether oxygens (including phenoxy) is 6. The minimum absolute atomic E-state index is 0.000964. The van der Waals surface area contributed by atoms with Crippen LogP contribution < -0.4 is 41.4 Å². The molecular weight excluding hydrogens is 2200 g/mol. The highest BCUT2D eigenvalue weighted by atomic mass is 79.9. The third kappa shape index (κ3) is 30.0. The van der Waals surface area contributed by atoms with E-state index in [1.807, 2.05) is 55.5 Å². The van der Waals surface area contributed by atoms with Gasteiger partial charge in [0.25, 0.3) is 5.91 Å². The zero-order valence-corrected chi connectivity index (χ0v) is 91.5. The number of ketones is 2. The summed E-state index contributed by atoms with van der Waals surface area (Å²) >= 11 is 23.9. The first-order valence-corrected chi connectivity index (χ1v) is 52.7. The number of anilines is 6. The van der Waals surface area contributed by atoms with Crippen molar-refractivity contribution in [1.29, 1.82) is 0 Å². The largest absolute Gasteiger partial charge is 0.506 e. The average molecular weight is 2310 g/mol. The fourth-order valence-corrected chi connectivity index (χ4v) is 24.2. The van der Waals surface area contributed by atoms with Gasteiger partial charge in [-0.25, -0.2) is 24.0 Å². The van der Waals surface area contributed by atoms with Crippen LogP contribution in [0, 0.1) is 0 Å². The van der Waals surface area contributed by atoms with Gasteiger partial charge in [0.05, 0.1) is 92.5 Å². The Bertz CT molecular complexity index is 7110. The van der Waals surface area contributed by atoms with Crippen molar-refractivity contribution < 1.29 is 116 Å². The van der Waals surface area contributed by atoms with E-state index in [4.69, 9.17) is 45.1 Å². The second-order valence-electron chi connectivity index (χ2n) is 31.0. The number of aliphatic hydroxyl groups is 1. The normalized spacial score (nSPS) is 10.8. The molecule has 14 rings (SSSR count). The second-order valence-corrected chi connectivity index (χ2v) is 40.1. The van der Waals surface area contributed by atoms with Crippen molar-refractivity contribution in [1.82, 2.24) is 4.90 Å². The number of carbonyl (C=O) groups excluding carboxylic acids is 13. The number of carbonyl (C=O) groups is 14. The molecule has 0 atom stereocenters. The lowest BCUT2D eigenvalue weighted by Crippen LogP contribution is -2.22. The number of carboxylic acids is 1. The van der Waals surface area contributed by atoms with Gasteiger partial charge in [0.1, 0.15) is 64.5 Å². The van der Waals surface area contributed by atoms with Crippen LogP contribution in [-0.4, -0.2) is 174 Å². The Morgan fingerprint density at radius 2 is 0.917 bits per heavy atom. The maximum absolute atomic E-state index is 12.8. The summed E-state index contributed by atoms with van der Waals surface area (Å²) in [4.78, 5) is 174. The molecule has 8 aromatic carbocycles. The standard InChI is InChI=1S/C24H27NO4S.C19H23ClN2O3S.C18H13Br2NO4S.C15H16N2O4S.C15H15NO5S.C12H10BrNO4S/c1-4-25(5-2)15-17-12-13-18-21(24(28)29-6-3)20(30-23(18)22(17)27)14-19(26)16-10-8-7-9-11-16;1-3-6-15(25)16-14-8-7-13(11-21-9-4-5-10-23)17(20)18(14)26-19(16)22-12(2)24;1-2-25-18(24)13-12-10(19)8-11(20)14(22)15(12)26-17(13)21-16(23)9-6-4-3-5-7-9;1-4-21-15(20)12-10-6-5-7-11(16-8(2)18)13(10)22-14(12)17-9(3)19;1-4-20-15(19)12-10-6-5-7-11(21-9(3)18)13(10)22-14(12)16-8(2)17;1-5(15)14-11-8(12(16)17)6-3-4-7(13)9(18-2)10(6)19-11/h7-13,27H,4-6,14-15H2,1-3H3;7-8,11,23H,3-6,9-10H2,1-2H3,(H,22,24);3-8,22H,2H2,1H3,(H,21,23);5-7H,4H2,1-3H3,(H,16,18)(H,17,19);5-7H,4H2,1-3H3,(H,16,17);3-4H,1-2H3,(H,14,15)(H,16,17). The number of aliphatic hydroxyl groups excluding tert-OH is 1. The number of phenolic OH excluding ortho intramolecular Hbond substituents is 2.